The van der Waals surface area contributed by atoms with Gasteiger partial charge in [-0.25, -0.2) is 0 Å². The minimum atomic E-state index is -0.0292. The highest BCUT2D eigenvalue weighted by molar-refractivity contribution is 5.39. The Hall–Kier alpha value is -1.06. The zero-order valence-corrected chi connectivity index (χ0v) is 10.9. The molecule has 0 amide bonds. The third-order valence-electron chi connectivity index (χ3n) is 4.17. The smallest absolute Gasteiger partial charge is 0.124 e. The third-order valence-corrected chi connectivity index (χ3v) is 4.17. The highest BCUT2D eigenvalue weighted by Crippen LogP contribution is 2.43. The van der Waals surface area contributed by atoms with E-state index in [1.807, 2.05) is 7.05 Å². The first kappa shape index (κ1) is 12.0. The number of fused-ring (bicyclic) bond motifs is 1. The Morgan fingerprint density at radius 3 is 3.00 bits per heavy atom. The molecule has 1 spiro atoms. The van der Waals surface area contributed by atoms with Gasteiger partial charge < -0.3 is 14.8 Å². The van der Waals surface area contributed by atoms with Crippen LogP contribution < -0.4 is 10.1 Å². The molecule has 2 aliphatic rings. The van der Waals surface area contributed by atoms with Crippen LogP contribution in [0, 0.1) is 0 Å². The maximum Gasteiger partial charge on any atom is 0.124 e. The number of benzene rings is 1. The van der Waals surface area contributed by atoms with Crippen LogP contribution in [0.15, 0.2) is 24.3 Å². The first-order valence-corrected chi connectivity index (χ1v) is 6.86. The number of hydrogen-bond donors (Lipinski definition) is 1. The number of ether oxygens (including phenoxy) is 2. The van der Waals surface area contributed by atoms with Crippen molar-refractivity contribution in [3.8, 4) is 5.75 Å². The molecule has 1 N–H and O–H groups in total. The summed E-state index contributed by atoms with van der Waals surface area (Å²) < 4.78 is 11.9. The van der Waals surface area contributed by atoms with Crippen molar-refractivity contribution in [3.63, 3.8) is 0 Å². The average molecular weight is 247 g/mol. The van der Waals surface area contributed by atoms with Crippen molar-refractivity contribution in [2.45, 2.75) is 37.3 Å². The second-order valence-corrected chi connectivity index (χ2v) is 5.33. The average Bonchev–Trinajstić information content (AvgIpc) is 2.63. The van der Waals surface area contributed by atoms with Gasteiger partial charge in [-0.15, -0.1) is 0 Å². The molecule has 1 aromatic rings. The van der Waals surface area contributed by atoms with Crippen molar-refractivity contribution >= 4 is 0 Å². The van der Waals surface area contributed by atoms with Crippen LogP contribution >= 0.6 is 0 Å². The zero-order valence-electron chi connectivity index (χ0n) is 10.9. The minimum absolute atomic E-state index is 0.0292. The van der Waals surface area contributed by atoms with E-state index in [2.05, 4.69) is 29.6 Å². The Morgan fingerprint density at radius 2 is 2.11 bits per heavy atom. The van der Waals surface area contributed by atoms with Crippen molar-refractivity contribution in [2.75, 3.05) is 20.3 Å². The largest absolute Gasteiger partial charge is 0.487 e. The van der Waals surface area contributed by atoms with Gasteiger partial charge in [0.05, 0.1) is 6.61 Å². The van der Waals surface area contributed by atoms with Gasteiger partial charge >= 0.3 is 0 Å². The lowest BCUT2D eigenvalue weighted by Crippen LogP contribution is -2.43. The summed E-state index contributed by atoms with van der Waals surface area (Å²) in [5.74, 6) is 1.05. The predicted octanol–water partition coefficient (Wildman–Crippen LogP) is 2.67. The fourth-order valence-corrected chi connectivity index (χ4v) is 3.16. The lowest BCUT2D eigenvalue weighted by atomic mass is 9.82. The van der Waals surface area contributed by atoms with Gasteiger partial charge in [0.2, 0.25) is 0 Å². The molecule has 2 heterocycles. The Kier molecular flexibility index (Phi) is 3.27. The van der Waals surface area contributed by atoms with Crippen molar-refractivity contribution in [2.24, 2.45) is 0 Å². The van der Waals surface area contributed by atoms with Crippen LogP contribution in [0.2, 0.25) is 0 Å². The summed E-state index contributed by atoms with van der Waals surface area (Å²) in [6.45, 7) is 1.69. The number of hydrogen-bond acceptors (Lipinski definition) is 3. The summed E-state index contributed by atoms with van der Waals surface area (Å²) in [7, 11) is 2.04. The molecule has 2 atom stereocenters. The van der Waals surface area contributed by atoms with Gasteiger partial charge in [0.25, 0.3) is 0 Å². The normalized spacial score (nSPS) is 31.5. The molecule has 3 heteroatoms. The van der Waals surface area contributed by atoms with E-state index in [0.29, 0.717) is 6.04 Å². The highest BCUT2D eigenvalue weighted by Gasteiger charge is 2.40. The van der Waals surface area contributed by atoms with Crippen molar-refractivity contribution in [3.05, 3.63) is 29.8 Å². The highest BCUT2D eigenvalue weighted by atomic mass is 16.5. The van der Waals surface area contributed by atoms with E-state index in [4.69, 9.17) is 9.47 Å². The van der Waals surface area contributed by atoms with Crippen LogP contribution in [0.25, 0.3) is 0 Å². The van der Waals surface area contributed by atoms with Crippen molar-refractivity contribution in [1.29, 1.82) is 0 Å². The molecule has 18 heavy (non-hydrogen) atoms. The second kappa shape index (κ2) is 4.90. The molecule has 0 radical (unpaired) electrons. The minimum Gasteiger partial charge on any atom is -0.487 e. The maximum atomic E-state index is 6.35. The molecule has 0 aliphatic carbocycles. The Morgan fingerprint density at radius 1 is 1.22 bits per heavy atom. The molecule has 1 saturated heterocycles. The van der Waals surface area contributed by atoms with E-state index in [1.165, 1.54) is 5.56 Å². The van der Waals surface area contributed by atoms with E-state index in [-0.39, 0.29) is 5.60 Å². The van der Waals surface area contributed by atoms with E-state index in [0.717, 1.165) is 44.6 Å². The summed E-state index contributed by atoms with van der Waals surface area (Å²) in [4.78, 5) is 0. The SMILES string of the molecule is CNC1CC2(CCCOCC2)Oc2ccccc21. The summed E-state index contributed by atoms with van der Waals surface area (Å²) in [5.41, 5.74) is 1.26. The summed E-state index contributed by atoms with van der Waals surface area (Å²) in [5, 5.41) is 3.43. The molecule has 2 aliphatic heterocycles. The first-order valence-electron chi connectivity index (χ1n) is 6.86. The third kappa shape index (κ3) is 2.13. The van der Waals surface area contributed by atoms with Crippen LogP contribution in [0.3, 0.4) is 0 Å². The van der Waals surface area contributed by atoms with E-state index < -0.39 is 0 Å². The van der Waals surface area contributed by atoms with Gasteiger partial charge in [0, 0.05) is 31.1 Å². The summed E-state index contributed by atoms with van der Waals surface area (Å²) in [6.07, 6.45) is 4.24. The van der Waals surface area contributed by atoms with Crippen LogP contribution in [0.5, 0.6) is 5.75 Å². The van der Waals surface area contributed by atoms with Crippen LogP contribution in [0.1, 0.15) is 37.3 Å². The molecular formula is C15H21NO2. The standard InChI is InChI=1S/C15H21NO2/c1-16-13-11-15(7-4-9-17-10-8-15)18-14-6-3-2-5-12(13)14/h2-3,5-6,13,16H,4,7-11H2,1H3. The Balaban J connectivity index is 1.92. The van der Waals surface area contributed by atoms with Gasteiger partial charge in [0.1, 0.15) is 11.4 Å². The van der Waals surface area contributed by atoms with Crippen LogP contribution in [0.4, 0.5) is 0 Å². The first-order chi connectivity index (χ1) is 8.83. The van der Waals surface area contributed by atoms with Gasteiger partial charge in [-0.05, 0) is 26.0 Å². The molecule has 3 rings (SSSR count). The molecular weight excluding hydrogens is 226 g/mol. The molecule has 1 aromatic carbocycles. The predicted molar refractivity (Wildman–Crippen MR) is 70.9 cm³/mol. The maximum absolute atomic E-state index is 6.35. The molecule has 0 aromatic heterocycles. The van der Waals surface area contributed by atoms with Crippen molar-refractivity contribution < 1.29 is 9.47 Å². The monoisotopic (exact) mass is 247 g/mol. The van der Waals surface area contributed by atoms with Crippen molar-refractivity contribution in [1.82, 2.24) is 5.32 Å². The van der Waals surface area contributed by atoms with E-state index in [1.54, 1.807) is 0 Å². The molecule has 0 bridgehead atoms. The number of nitrogens with one attached hydrogen (secondary N) is 1. The van der Waals surface area contributed by atoms with Gasteiger partial charge in [0.15, 0.2) is 0 Å². The Labute approximate surface area is 108 Å². The molecule has 98 valence electrons. The topological polar surface area (TPSA) is 30.5 Å². The molecule has 1 fully saturated rings. The van der Waals surface area contributed by atoms with Crippen LogP contribution in [-0.4, -0.2) is 25.9 Å². The molecule has 2 unspecified atom stereocenters. The quantitative estimate of drug-likeness (QED) is 0.827. The van der Waals surface area contributed by atoms with Crippen LogP contribution in [-0.2, 0) is 4.74 Å². The summed E-state index contributed by atoms with van der Waals surface area (Å²) >= 11 is 0. The van der Waals surface area contributed by atoms with Gasteiger partial charge in [-0.1, -0.05) is 18.2 Å². The van der Waals surface area contributed by atoms with Gasteiger partial charge in [-0.2, -0.15) is 0 Å². The van der Waals surface area contributed by atoms with E-state index in [9.17, 15) is 0 Å². The number of rotatable bonds is 1. The second-order valence-electron chi connectivity index (χ2n) is 5.33. The van der Waals surface area contributed by atoms with Gasteiger partial charge in [-0.3, -0.25) is 0 Å². The fraction of sp³-hybridized carbons (Fsp3) is 0.600. The molecule has 3 nitrogen and oxygen atoms in total. The fourth-order valence-electron chi connectivity index (χ4n) is 3.16. The zero-order chi connectivity index (χ0) is 12.4. The summed E-state index contributed by atoms with van der Waals surface area (Å²) in [6, 6.07) is 8.79. The molecule has 0 saturated carbocycles. The number of para-hydroxylation sites is 1. The lowest BCUT2D eigenvalue weighted by molar-refractivity contribution is 0.0117. The van der Waals surface area contributed by atoms with E-state index >= 15 is 0 Å². The lowest BCUT2D eigenvalue weighted by Gasteiger charge is -2.41. The Bertz CT molecular complexity index is 411.